The van der Waals surface area contributed by atoms with Gasteiger partial charge < -0.3 is 29.0 Å². The van der Waals surface area contributed by atoms with Crippen LogP contribution in [0, 0.1) is 0 Å². The second kappa shape index (κ2) is 15.5. The standard InChI is InChI=1S/C37H39N5O7/c1-46-34-19-25(8-14-32(44)26-10-12-29(43)13-11-26)9-15-33(34)48-18-5-3-4-16-41-23-27(39-40-41)24-49-36-21-31-30(20-35(36)47-2)37(45)42-17-6-7-28(42)22-38-31/h8-15,19-23,28,43H,3-7,16-18,24H2,1-2H3/b14-8+/t28-/m0/s1. The molecule has 0 radical (unpaired) electrons. The third-order valence-corrected chi connectivity index (χ3v) is 8.48. The summed E-state index contributed by atoms with van der Waals surface area (Å²) in [5.74, 6) is 2.10. The van der Waals surface area contributed by atoms with Gasteiger partial charge in [0.05, 0.1) is 44.3 Å². The van der Waals surface area contributed by atoms with E-state index in [-0.39, 0.29) is 30.1 Å². The number of carbonyl (C=O) groups is 2. The van der Waals surface area contributed by atoms with Crippen LogP contribution in [0.15, 0.2) is 71.9 Å². The topological polar surface area (TPSA) is 138 Å². The first kappa shape index (κ1) is 33.3. The monoisotopic (exact) mass is 665 g/mol. The Kier molecular flexibility index (Phi) is 10.5. The second-order valence-corrected chi connectivity index (χ2v) is 11.8. The van der Waals surface area contributed by atoms with Crippen LogP contribution in [0.3, 0.4) is 0 Å². The molecular formula is C37H39N5O7. The lowest BCUT2D eigenvalue weighted by molar-refractivity contribution is 0.0774. The molecule has 1 amide bonds. The number of rotatable bonds is 15. The van der Waals surface area contributed by atoms with Gasteiger partial charge in [-0.3, -0.25) is 19.3 Å². The number of aryl methyl sites for hydroxylation is 1. The van der Waals surface area contributed by atoms with Crippen LogP contribution in [0.25, 0.3) is 6.08 Å². The number of hydrogen-bond acceptors (Lipinski definition) is 10. The Labute approximate surface area is 284 Å². The first-order valence-electron chi connectivity index (χ1n) is 16.3. The SMILES string of the molecule is COc1cc(/C=C/C(=O)c2ccc(O)cc2)ccc1OCCCCCn1cc(COc2cc3c(cc2OC)C(=O)N2CCC[C@H]2C=N3)nn1. The van der Waals surface area contributed by atoms with Crippen molar-refractivity contribution in [2.75, 3.05) is 27.4 Å². The van der Waals surface area contributed by atoms with E-state index in [4.69, 9.17) is 18.9 Å². The van der Waals surface area contributed by atoms with Crippen LogP contribution >= 0.6 is 0 Å². The minimum atomic E-state index is -0.161. The zero-order valence-corrected chi connectivity index (χ0v) is 27.6. The van der Waals surface area contributed by atoms with Crippen LogP contribution in [0.1, 0.15) is 64.1 Å². The predicted octanol–water partition coefficient (Wildman–Crippen LogP) is 6.05. The van der Waals surface area contributed by atoms with Gasteiger partial charge in [0.2, 0.25) is 0 Å². The van der Waals surface area contributed by atoms with Crippen LogP contribution in [-0.4, -0.2) is 76.3 Å². The molecule has 12 nitrogen and oxygen atoms in total. The molecule has 12 heteroatoms. The Hall–Kier alpha value is -5.65. The molecular weight excluding hydrogens is 626 g/mol. The number of hydrogen-bond donors (Lipinski definition) is 1. The largest absolute Gasteiger partial charge is 0.508 e. The van der Waals surface area contributed by atoms with Crippen LogP contribution in [-0.2, 0) is 13.2 Å². The molecule has 2 aliphatic rings. The summed E-state index contributed by atoms with van der Waals surface area (Å²) >= 11 is 0. The van der Waals surface area contributed by atoms with Crippen LogP contribution in [0.2, 0.25) is 0 Å². The molecule has 0 saturated carbocycles. The van der Waals surface area contributed by atoms with Crippen LogP contribution in [0.5, 0.6) is 28.7 Å². The minimum absolute atomic E-state index is 0.0321. The predicted molar refractivity (Wildman–Crippen MR) is 183 cm³/mol. The van der Waals surface area contributed by atoms with E-state index in [1.165, 1.54) is 18.2 Å². The molecule has 3 aromatic carbocycles. The van der Waals surface area contributed by atoms with Crippen molar-refractivity contribution < 1.29 is 33.6 Å². The highest BCUT2D eigenvalue weighted by atomic mass is 16.5. The zero-order chi connectivity index (χ0) is 34.2. The van der Waals surface area contributed by atoms with Crippen molar-refractivity contribution in [2.45, 2.75) is 51.3 Å². The first-order valence-corrected chi connectivity index (χ1v) is 16.3. The van der Waals surface area contributed by atoms with Crippen molar-refractivity contribution in [3.63, 3.8) is 0 Å². The number of fused-ring (bicyclic) bond motifs is 2. The summed E-state index contributed by atoms with van der Waals surface area (Å²) in [6.07, 6.45) is 11.5. The van der Waals surface area contributed by atoms with E-state index < -0.39 is 0 Å². The molecule has 254 valence electrons. The lowest BCUT2D eigenvalue weighted by Gasteiger charge is -2.20. The smallest absolute Gasteiger partial charge is 0.256 e. The number of phenolic OH excluding ortho intramolecular Hbond substituents is 1. The Morgan fingerprint density at radius 1 is 0.959 bits per heavy atom. The number of phenols is 1. The fourth-order valence-corrected chi connectivity index (χ4v) is 5.82. The van der Waals surface area contributed by atoms with Gasteiger partial charge in [-0.15, -0.1) is 5.10 Å². The van der Waals surface area contributed by atoms with Gasteiger partial charge in [0, 0.05) is 30.9 Å². The number of ketones is 1. The lowest BCUT2D eigenvalue weighted by atomic mass is 10.1. The van der Waals surface area contributed by atoms with Crippen LogP contribution < -0.4 is 18.9 Å². The van der Waals surface area contributed by atoms with Gasteiger partial charge >= 0.3 is 0 Å². The number of amides is 1. The highest BCUT2D eigenvalue weighted by molar-refractivity contribution is 6.07. The van der Waals surface area contributed by atoms with Crippen LogP contribution in [0.4, 0.5) is 5.69 Å². The highest BCUT2D eigenvalue weighted by Gasteiger charge is 2.32. The Balaban J connectivity index is 0.937. The molecule has 1 aromatic heterocycles. The molecule has 3 heterocycles. The highest BCUT2D eigenvalue weighted by Crippen LogP contribution is 2.38. The van der Waals surface area contributed by atoms with Crippen molar-refractivity contribution in [3.05, 3.63) is 89.3 Å². The van der Waals surface area contributed by atoms with Gasteiger partial charge in [-0.1, -0.05) is 17.4 Å². The first-order chi connectivity index (χ1) is 23.9. The fourth-order valence-electron chi connectivity index (χ4n) is 5.82. The van der Waals surface area contributed by atoms with Crippen molar-refractivity contribution in [1.82, 2.24) is 19.9 Å². The van der Waals surface area contributed by atoms with Gasteiger partial charge in [-0.05, 0) is 86.2 Å². The van der Waals surface area contributed by atoms with Crippen molar-refractivity contribution >= 4 is 29.7 Å². The average molecular weight is 666 g/mol. The number of nitrogens with zero attached hydrogens (tertiary/aromatic N) is 5. The van der Waals surface area contributed by atoms with E-state index in [0.29, 0.717) is 58.7 Å². The van der Waals surface area contributed by atoms with Gasteiger partial charge in [-0.25, -0.2) is 0 Å². The summed E-state index contributed by atoms with van der Waals surface area (Å²) in [6, 6.07) is 15.1. The normalized spacial score (nSPS) is 15.2. The molecule has 1 saturated heterocycles. The molecule has 0 bridgehead atoms. The number of methoxy groups -OCH3 is 2. The number of aromatic hydroxyl groups is 1. The maximum absolute atomic E-state index is 13.1. The quantitative estimate of drug-likeness (QED) is 0.0914. The summed E-state index contributed by atoms with van der Waals surface area (Å²) in [5, 5.41) is 17.9. The number of carbonyl (C=O) groups excluding carboxylic acids is 2. The van der Waals surface area contributed by atoms with Gasteiger partial charge in [0.15, 0.2) is 28.8 Å². The molecule has 49 heavy (non-hydrogen) atoms. The van der Waals surface area contributed by atoms with Crippen molar-refractivity contribution in [1.29, 1.82) is 0 Å². The fraction of sp³-hybridized carbons (Fsp3) is 0.324. The zero-order valence-electron chi connectivity index (χ0n) is 27.6. The van der Waals surface area contributed by atoms with E-state index in [0.717, 1.165) is 44.2 Å². The van der Waals surface area contributed by atoms with Gasteiger partial charge in [0.1, 0.15) is 18.1 Å². The number of allylic oxidation sites excluding steroid dienone is 1. The third-order valence-electron chi connectivity index (χ3n) is 8.48. The molecule has 6 rings (SSSR count). The minimum Gasteiger partial charge on any atom is -0.508 e. The molecule has 1 fully saturated rings. The summed E-state index contributed by atoms with van der Waals surface area (Å²) in [6.45, 7) is 2.16. The van der Waals surface area contributed by atoms with E-state index in [9.17, 15) is 14.7 Å². The molecule has 1 atom stereocenters. The van der Waals surface area contributed by atoms with Gasteiger partial charge in [-0.2, -0.15) is 0 Å². The Morgan fingerprint density at radius 3 is 2.59 bits per heavy atom. The molecule has 1 N–H and O–H groups in total. The van der Waals surface area contributed by atoms with E-state index in [1.807, 2.05) is 35.5 Å². The summed E-state index contributed by atoms with van der Waals surface area (Å²) in [4.78, 5) is 32.0. The number of aromatic nitrogens is 3. The molecule has 0 aliphatic carbocycles. The molecule has 4 aromatic rings. The van der Waals surface area contributed by atoms with E-state index in [1.54, 1.807) is 49.2 Å². The average Bonchev–Trinajstić information content (AvgIpc) is 3.77. The molecule has 2 aliphatic heterocycles. The third kappa shape index (κ3) is 8.08. The molecule has 0 unspecified atom stereocenters. The summed E-state index contributed by atoms with van der Waals surface area (Å²) < 4.78 is 24.9. The maximum atomic E-state index is 13.1. The van der Waals surface area contributed by atoms with E-state index in [2.05, 4.69) is 15.3 Å². The number of benzene rings is 3. The Morgan fingerprint density at radius 2 is 1.78 bits per heavy atom. The number of aliphatic imine (C=N–C) groups is 1. The molecule has 0 spiro atoms. The van der Waals surface area contributed by atoms with Gasteiger partial charge in [0.25, 0.3) is 5.91 Å². The maximum Gasteiger partial charge on any atom is 0.256 e. The summed E-state index contributed by atoms with van der Waals surface area (Å²) in [5.41, 5.74) is 3.07. The van der Waals surface area contributed by atoms with Crippen molar-refractivity contribution in [2.24, 2.45) is 4.99 Å². The summed E-state index contributed by atoms with van der Waals surface area (Å²) in [7, 11) is 3.13. The lowest BCUT2D eigenvalue weighted by Crippen LogP contribution is -2.35. The number of unbranched alkanes of at least 4 members (excludes halogenated alkanes) is 2. The van der Waals surface area contributed by atoms with E-state index >= 15 is 0 Å². The van der Waals surface area contributed by atoms with Crippen molar-refractivity contribution in [3.8, 4) is 28.7 Å². The number of ether oxygens (including phenoxy) is 4. The Bertz CT molecular complexity index is 1850. The second-order valence-electron chi connectivity index (χ2n) is 11.8.